The quantitative estimate of drug-likeness (QED) is 0.881. The molecule has 2 rings (SSSR count). The zero-order valence-electron chi connectivity index (χ0n) is 10.8. The Morgan fingerprint density at radius 3 is 2.61 bits per heavy atom. The summed E-state index contributed by atoms with van der Waals surface area (Å²) in [5.74, 6) is 2.44. The Balaban J connectivity index is 2.11. The minimum absolute atomic E-state index is 0.627. The Kier molecular flexibility index (Phi) is 3.77. The number of rotatable bonds is 5. The van der Waals surface area contributed by atoms with Crippen LogP contribution in [0.2, 0.25) is 0 Å². The Morgan fingerprint density at radius 1 is 1.17 bits per heavy atom. The largest absolute Gasteiger partial charge is 0.497 e. The first kappa shape index (κ1) is 12.4. The third kappa shape index (κ3) is 2.59. The number of hydrogen-bond acceptors (Lipinski definition) is 4. The number of methoxy groups -OCH3 is 2. The zero-order chi connectivity index (χ0) is 13.0. The summed E-state index contributed by atoms with van der Waals surface area (Å²) < 4.78 is 15.8. The van der Waals surface area contributed by atoms with Gasteiger partial charge >= 0.3 is 0 Å². The second-order valence-electron chi connectivity index (χ2n) is 3.95. The van der Waals surface area contributed by atoms with E-state index < -0.39 is 0 Å². The lowest BCUT2D eigenvalue weighted by Crippen LogP contribution is -2.01. The zero-order valence-corrected chi connectivity index (χ0v) is 10.8. The van der Waals surface area contributed by atoms with Gasteiger partial charge in [-0.3, -0.25) is 0 Å². The van der Waals surface area contributed by atoms with Gasteiger partial charge in [-0.15, -0.1) is 0 Å². The molecule has 1 aromatic heterocycles. The van der Waals surface area contributed by atoms with Crippen LogP contribution in [-0.4, -0.2) is 14.2 Å². The summed E-state index contributed by atoms with van der Waals surface area (Å²) in [6.07, 6.45) is 1.69. The van der Waals surface area contributed by atoms with Gasteiger partial charge < -0.3 is 19.2 Å². The number of aryl methyl sites for hydroxylation is 1. The van der Waals surface area contributed by atoms with E-state index in [0.29, 0.717) is 6.54 Å². The van der Waals surface area contributed by atoms with Crippen LogP contribution < -0.4 is 14.8 Å². The monoisotopic (exact) mass is 247 g/mol. The maximum Gasteiger partial charge on any atom is 0.145 e. The van der Waals surface area contributed by atoms with Crippen molar-refractivity contribution in [2.45, 2.75) is 13.5 Å². The molecule has 0 amide bonds. The van der Waals surface area contributed by atoms with Crippen molar-refractivity contribution >= 4 is 5.69 Å². The number of hydrogen-bond donors (Lipinski definition) is 1. The highest BCUT2D eigenvalue weighted by molar-refractivity contribution is 5.59. The second kappa shape index (κ2) is 5.49. The van der Waals surface area contributed by atoms with Crippen LogP contribution in [0.4, 0.5) is 5.69 Å². The molecule has 2 aromatic rings. The van der Waals surface area contributed by atoms with Gasteiger partial charge in [-0.2, -0.15) is 0 Å². The average molecular weight is 247 g/mol. The van der Waals surface area contributed by atoms with E-state index in [4.69, 9.17) is 13.9 Å². The molecule has 4 heteroatoms. The summed E-state index contributed by atoms with van der Waals surface area (Å²) in [6.45, 7) is 2.65. The first-order valence-corrected chi connectivity index (χ1v) is 5.73. The molecule has 1 aromatic carbocycles. The third-order valence-electron chi connectivity index (χ3n) is 2.82. The van der Waals surface area contributed by atoms with Gasteiger partial charge in [0.2, 0.25) is 0 Å². The van der Waals surface area contributed by atoms with Crippen molar-refractivity contribution < 1.29 is 13.9 Å². The molecule has 4 nitrogen and oxygen atoms in total. The number of benzene rings is 1. The molecule has 0 fully saturated rings. The molecule has 0 atom stereocenters. The van der Waals surface area contributed by atoms with Gasteiger partial charge in [0.25, 0.3) is 0 Å². The molecule has 0 aliphatic heterocycles. The average Bonchev–Trinajstić information content (AvgIpc) is 2.81. The van der Waals surface area contributed by atoms with Gasteiger partial charge in [0.1, 0.15) is 17.3 Å². The van der Waals surface area contributed by atoms with E-state index in [1.807, 2.05) is 31.2 Å². The molecular formula is C14H17NO3. The molecule has 0 spiro atoms. The number of nitrogens with one attached hydrogen (secondary N) is 1. The molecule has 1 N–H and O–H groups in total. The minimum atomic E-state index is 0.627. The summed E-state index contributed by atoms with van der Waals surface area (Å²) in [7, 11) is 3.27. The highest BCUT2D eigenvalue weighted by Crippen LogP contribution is 2.29. The lowest BCUT2D eigenvalue weighted by atomic mass is 10.2. The smallest absolute Gasteiger partial charge is 0.145 e. The molecule has 96 valence electrons. The Morgan fingerprint density at radius 2 is 2.00 bits per heavy atom. The van der Waals surface area contributed by atoms with Crippen LogP contribution in [0.1, 0.15) is 11.3 Å². The van der Waals surface area contributed by atoms with Crippen molar-refractivity contribution in [1.29, 1.82) is 0 Å². The van der Waals surface area contributed by atoms with Gasteiger partial charge in [0.05, 0.1) is 32.7 Å². The minimum Gasteiger partial charge on any atom is -0.497 e. The number of ether oxygens (including phenoxy) is 2. The van der Waals surface area contributed by atoms with Crippen LogP contribution in [0.5, 0.6) is 11.5 Å². The molecule has 0 unspecified atom stereocenters. The van der Waals surface area contributed by atoms with Gasteiger partial charge in [-0.05, 0) is 30.7 Å². The topological polar surface area (TPSA) is 43.6 Å². The van der Waals surface area contributed by atoms with Crippen LogP contribution in [-0.2, 0) is 6.54 Å². The molecule has 0 bridgehead atoms. The van der Waals surface area contributed by atoms with Crippen molar-refractivity contribution in [3.05, 3.63) is 41.9 Å². The first-order chi connectivity index (χ1) is 8.74. The van der Waals surface area contributed by atoms with Crippen molar-refractivity contribution in [2.75, 3.05) is 19.5 Å². The number of furan rings is 1. The lowest BCUT2D eigenvalue weighted by Gasteiger charge is -2.11. The Bertz CT molecular complexity index is 520. The first-order valence-electron chi connectivity index (χ1n) is 5.73. The predicted molar refractivity (Wildman–Crippen MR) is 70.3 cm³/mol. The Hall–Kier alpha value is -2.10. The predicted octanol–water partition coefficient (Wildman–Crippen LogP) is 3.22. The number of anilines is 1. The highest BCUT2D eigenvalue weighted by Gasteiger charge is 2.06. The van der Waals surface area contributed by atoms with E-state index in [0.717, 1.165) is 28.5 Å². The van der Waals surface area contributed by atoms with Crippen LogP contribution in [0.3, 0.4) is 0 Å². The van der Waals surface area contributed by atoms with Gasteiger partial charge in [-0.1, -0.05) is 0 Å². The van der Waals surface area contributed by atoms with Crippen LogP contribution >= 0.6 is 0 Å². The summed E-state index contributed by atoms with van der Waals surface area (Å²) in [5, 5.41) is 3.28. The fourth-order valence-corrected chi connectivity index (χ4v) is 1.71. The SMILES string of the molecule is COc1ccc(NCc2occc2C)c(OC)c1. The van der Waals surface area contributed by atoms with Crippen molar-refractivity contribution in [1.82, 2.24) is 0 Å². The molecule has 1 heterocycles. The van der Waals surface area contributed by atoms with Crippen LogP contribution in [0.15, 0.2) is 34.9 Å². The summed E-state index contributed by atoms with van der Waals surface area (Å²) in [6, 6.07) is 7.61. The maximum atomic E-state index is 5.38. The Labute approximate surface area is 107 Å². The molecule has 18 heavy (non-hydrogen) atoms. The van der Waals surface area contributed by atoms with Crippen LogP contribution in [0, 0.1) is 6.92 Å². The molecule has 0 aliphatic carbocycles. The summed E-state index contributed by atoms with van der Waals surface area (Å²) >= 11 is 0. The highest BCUT2D eigenvalue weighted by atomic mass is 16.5. The summed E-state index contributed by atoms with van der Waals surface area (Å²) in [4.78, 5) is 0. The van der Waals surface area contributed by atoms with E-state index >= 15 is 0 Å². The molecule has 0 saturated carbocycles. The fraction of sp³-hybridized carbons (Fsp3) is 0.286. The molecule has 0 aliphatic rings. The fourth-order valence-electron chi connectivity index (χ4n) is 1.71. The second-order valence-corrected chi connectivity index (χ2v) is 3.95. The van der Waals surface area contributed by atoms with Gasteiger partial charge in [-0.25, -0.2) is 0 Å². The molecular weight excluding hydrogens is 230 g/mol. The maximum absolute atomic E-state index is 5.38. The van der Waals surface area contributed by atoms with Gasteiger partial charge in [0, 0.05) is 6.07 Å². The normalized spacial score (nSPS) is 10.2. The molecule has 0 radical (unpaired) electrons. The van der Waals surface area contributed by atoms with E-state index in [9.17, 15) is 0 Å². The van der Waals surface area contributed by atoms with Crippen molar-refractivity contribution in [3.8, 4) is 11.5 Å². The van der Waals surface area contributed by atoms with Gasteiger partial charge in [0.15, 0.2) is 0 Å². The summed E-state index contributed by atoms with van der Waals surface area (Å²) in [5.41, 5.74) is 2.05. The van der Waals surface area contributed by atoms with E-state index in [1.54, 1.807) is 20.5 Å². The standard InChI is InChI=1S/C14H17NO3/c1-10-6-7-18-14(10)9-15-12-5-4-11(16-2)8-13(12)17-3/h4-8,15H,9H2,1-3H3. The third-order valence-corrected chi connectivity index (χ3v) is 2.82. The van der Waals surface area contributed by atoms with Crippen LogP contribution in [0.25, 0.3) is 0 Å². The van der Waals surface area contributed by atoms with Crippen molar-refractivity contribution in [3.63, 3.8) is 0 Å². The lowest BCUT2D eigenvalue weighted by molar-refractivity contribution is 0.395. The molecule has 0 saturated heterocycles. The van der Waals surface area contributed by atoms with E-state index in [1.165, 1.54) is 0 Å². The van der Waals surface area contributed by atoms with Crippen molar-refractivity contribution in [2.24, 2.45) is 0 Å². The van der Waals surface area contributed by atoms with E-state index in [-0.39, 0.29) is 0 Å². The van der Waals surface area contributed by atoms with E-state index in [2.05, 4.69) is 5.32 Å².